The lowest BCUT2D eigenvalue weighted by Crippen LogP contribution is -2.20. The van der Waals surface area contributed by atoms with Gasteiger partial charge < -0.3 is 19.5 Å². The lowest BCUT2D eigenvalue weighted by Gasteiger charge is -2.13. The normalized spacial score (nSPS) is 10.1. The second kappa shape index (κ2) is 10.3. The van der Waals surface area contributed by atoms with Gasteiger partial charge in [0.25, 0.3) is 5.91 Å². The van der Waals surface area contributed by atoms with Crippen LogP contribution in [-0.2, 0) is 9.53 Å². The molecule has 0 spiro atoms. The molecule has 0 saturated heterocycles. The molecule has 0 saturated carbocycles. The van der Waals surface area contributed by atoms with Crippen molar-refractivity contribution in [3.8, 4) is 11.5 Å². The topological polar surface area (TPSA) is 90.9 Å². The van der Waals surface area contributed by atoms with E-state index >= 15 is 0 Å². The van der Waals surface area contributed by atoms with Gasteiger partial charge in [-0.05, 0) is 36.8 Å². The molecule has 1 N–H and O–H groups in total. The van der Waals surface area contributed by atoms with Gasteiger partial charge in [0.05, 0.1) is 24.3 Å². The number of hydrogen-bond donors (Lipinski definition) is 1. The molecule has 148 valence electrons. The van der Waals surface area contributed by atoms with Crippen molar-refractivity contribution in [2.75, 3.05) is 25.6 Å². The lowest BCUT2D eigenvalue weighted by molar-refractivity contribution is -0.118. The third kappa shape index (κ3) is 5.72. The van der Waals surface area contributed by atoms with Gasteiger partial charge in [0, 0.05) is 11.3 Å². The number of ether oxygens (including phenoxy) is 3. The fraction of sp³-hybridized carbons (Fsp3) is 0.250. The van der Waals surface area contributed by atoms with Gasteiger partial charge in [-0.2, -0.15) is 0 Å². The summed E-state index contributed by atoms with van der Waals surface area (Å²) in [5, 5.41) is 2.78. The number of carbonyl (C=O) groups excluding carboxylic acids is 3. The van der Waals surface area contributed by atoms with Crippen molar-refractivity contribution in [1.82, 2.24) is 0 Å². The van der Waals surface area contributed by atoms with Crippen LogP contribution in [0.1, 0.15) is 34.1 Å². The number of esters is 1. The number of carbonyl (C=O) groups is 3. The van der Waals surface area contributed by atoms with Gasteiger partial charge in [0.15, 0.2) is 18.1 Å². The molecule has 8 heteroatoms. The van der Waals surface area contributed by atoms with Gasteiger partial charge >= 0.3 is 5.97 Å². The summed E-state index contributed by atoms with van der Waals surface area (Å²) in [5.74, 6) is -0.525. The Morgan fingerprint density at radius 1 is 1.21 bits per heavy atom. The third-order valence-corrected chi connectivity index (χ3v) is 3.84. The van der Waals surface area contributed by atoms with Crippen LogP contribution in [-0.4, -0.2) is 38.5 Å². The predicted molar refractivity (Wildman–Crippen MR) is 105 cm³/mol. The van der Waals surface area contributed by atoms with Crippen LogP contribution in [0.5, 0.6) is 11.5 Å². The lowest BCUT2D eigenvalue weighted by atomic mass is 10.2. The summed E-state index contributed by atoms with van der Waals surface area (Å²) in [6, 6.07) is 9.26. The highest BCUT2D eigenvalue weighted by atomic mass is 35.5. The molecule has 2 aromatic carbocycles. The van der Waals surface area contributed by atoms with Crippen LogP contribution in [0.25, 0.3) is 0 Å². The molecule has 2 aromatic rings. The largest absolute Gasteiger partial charge is 0.493 e. The van der Waals surface area contributed by atoms with Gasteiger partial charge in [0.2, 0.25) is 0 Å². The van der Waals surface area contributed by atoms with E-state index in [1.54, 1.807) is 18.2 Å². The van der Waals surface area contributed by atoms with E-state index in [9.17, 15) is 14.4 Å². The van der Waals surface area contributed by atoms with Crippen molar-refractivity contribution in [3.05, 3.63) is 52.5 Å². The first kappa shape index (κ1) is 21.2. The SMILES string of the molecule is CCCOC(=O)c1cccc(NC(=O)COc2c(Cl)cc(C=O)cc2OC)c1. The maximum absolute atomic E-state index is 12.2. The summed E-state index contributed by atoms with van der Waals surface area (Å²) in [6.07, 6.45) is 1.35. The molecule has 28 heavy (non-hydrogen) atoms. The van der Waals surface area contributed by atoms with Crippen molar-refractivity contribution in [1.29, 1.82) is 0 Å². The Kier molecular flexibility index (Phi) is 7.83. The molecule has 0 atom stereocenters. The smallest absolute Gasteiger partial charge is 0.338 e. The number of rotatable bonds is 9. The predicted octanol–water partition coefficient (Wildman–Crippen LogP) is 3.75. The van der Waals surface area contributed by atoms with Crippen LogP contribution in [0.3, 0.4) is 0 Å². The number of hydrogen-bond acceptors (Lipinski definition) is 6. The first-order valence-electron chi connectivity index (χ1n) is 8.51. The zero-order valence-corrected chi connectivity index (χ0v) is 16.2. The van der Waals surface area contributed by atoms with Crippen LogP contribution in [0, 0.1) is 0 Å². The molecule has 0 aliphatic heterocycles. The highest BCUT2D eigenvalue weighted by molar-refractivity contribution is 6.32. The molecule has 0 radical (unpaired) electrons. The van der Waals surface area contributed by atoms with Gasteiger partial charge in [-0.15, -0.1) is 0 Å². The second-order valence-corrected chi connectivity index (χ2v) is 6.11. The number of halogens is 1. The molecule has 0 aromatic heterocycles. The molecule has 0 bridgehead atoms. The van der Waals surface area contributed by atoms with Crippen LogP contribution in [0.2, 0.25) is 5.02 Å². The zero-order chi connectivity index (χ0) is 20.5. The van der Waals surface area contributed by atoms with Gasteiger partial charge in [-0.25, -0.2) is 4.79 Å². The standard InChI is InChI=1S/C20H20ClNO6/c1-3-7-27-20(25)14-5-4-6-15(10-14)22-18(24)12-28-19-16(21)8-13(11-23)9-17(19)26-2/h4-6,8-11H,3,7,12H2,1-2H3,(H,22,24). The highest BCUT2D eigenvalue weighted by Crippen LogP contribution is 2.36. The summed E-state index contributed by atoms with van der Waals surface area (Å²) in [7, 11) is 1.40. The monoisotopic (exact) mass is 405 g/mol. The first-order chi connectivity index (χ1) is 13.5. The van der Waals surface area contributed by atoms with Crippen LogP contribution in [0.4, 0.5) is 5.69 Å². The van der Waals surface area contributed by atoms with Crippen molar-refractivity contribution in [2.45, 2.75) is 13.3 Å². The van der Waals surface area contributed by atoms with Crippen LogP contribution in [0.15, 0.2) is 36.4 Å². The highest BCUT2D eigenvalue weighted by Gasteiger charge is 2.14. The zero-order valence-electron chi connectivity index (χ0n) is 15.5. The van der Waals surface area contributed by atoms with E-state index in [0.29, 0.717) is 29.7 Å². The number of benzene rings is 2. The molecular weight excluding hydrogens is 386 g/mol. The van der Waals surface area contributed by atoms with E-state index in [4.69, 9.17) is 25.8 Å². The van der Waals surface area contributed by atoms with Crippen LogP contribution < -0.4 is 14.8 Å². The quantitative estimate of drug-likeness (QED) is 0.504. The third-order valence-electron chi connectivity index (χ3n) is 3.55. The van der Waals surface area contributed by atoms with Crippen LogP contribution >= 0.6 is 11.6 Å². The summed E-state index contributed by atoms with van der Waals surface area (Å²) >= 11 is 6.09. The van der Waals surface area contributed by atoms with E-state index < -0.39 is 11.9 Å². The Labute approximate surface area is 167 Å². The van der Waals surface area contributed by atoms with E-state index in [2.05, 4.69) is 5.32 Å². The van der Waals surface area contributed by atoms with Crippen molar-refractivity contribution in [2.24, 2.45) is 0 Å². The number of anilines is 1. The van der Waals surface area contributed by atoms with E-state index in [1.807, 2.05) is 6.92 Å². The second-order valence-electron chi connectivity index (χ2n) is 5.71. The van der Waals surface area contributed by atoms with Gasteiger partial charge in [0.1, 0.15) is 6.29 Å². The summed E-state index contributed by atoms with van der Waals surface area (Å²) in [5.41, 5.74) is 1.08. The maximum Gasteiger partial charge on any atom is 0.338 e. The summed E-state index contributed by atoms with van der Waals surface area (Å²) in [6.45, 7) is 1.88. The van der Waals surface area contributed by atoms with Crippen molar-refractivity contribution in [3.63, 3.8) is 0 Å². The average Bonchev–Trinajstić information content (AvgIpc) is 2.70. The first-order valence-corrected chi connectivity index (χ1v) is 8.88. The maximum atomic E-state index is 12.2. The summed E-state index contributed by atoms with van der Waals surface area (Å²) in [4.78, 5) is 35.0. The van der Waals surface area contributed by atoms with Crippen molar-refractivity contribution >= 4 is 35.5 Å². The molecule has 0 fully saturated rings. The minimum absolute atomic E-state index is 0.148. The number of methoxy groups -OCH3 is 1. The Balaban J connectivity index is 2.02. The number of nitrogens with one attached hydrogen (secondary N) is 1. The molecule has 0 heterocycles. The van der Waals surface area contributed by atoms with E-state index in [1.165, 1.54) is 25.3 Å². The van der Waals surface area contributed by atoms with E-state index in [0.717, 1.165) is 6.42 Å². The Bertz CT molecular complexity index is 868. The molecule has 7 nitrogen and oxygen atoms in total. The Morgan fingerprint density at radius 3 is 2.68 bits per heavy atom. The number of aldehydes is 1. The molecule has 0 aliphatic carbocycles. The number of amides is 1. The molecule has 0 unspecified atom stereocenters. The molecule has 1 amide bonds. The minimum Gasteiger partial charge on any atom is -0.493 e. The van der Waals surface area contributed by atoms with Crippen molar-refractivity contribution < 1.29 is 28.6 Å². The molecule has 2 rings (SSSR count). The molecule has 0 aliphatic rings. The minimum atomic E-state index is -0.461. The Morgan fingerprint density at radius 2 is 2.00 bits per heavy atom. The summed E-state index contributed by atoms with van der Waals surface area (Å²) < 4.78 is 15.7. The van der Waals surface area contributed by atoms with Gasteiger partial charge in [-0.3, -0.25) is 9.59 Å². The Hall–Kier alpha value is -3.06. The molecular formula is C20H20ClNO6. The van der Waals surface area contributed by atoms with E-state index in [-0.39, 0.29) is 23.1 Å². The average molecular weight is 406 g/mol. The fourth-order valence-electron chi connectivity index (χ4n) is 2.28. The van der Waals surface area contributed by atoms with Gasteiger partial charge in [-0.1, -0.05) is 24.6 Å². The fourth-order valence-corrected chi connectivity index (χ4v) is 2.56.